The summed E-state index contributed by atoms with van der Waals surface area (Å²) in [4.78, 5) is 3.68. The van der Waals surface area contributed by atoms with E-state index < -0.39 is 0 Å². The number of hydrogen-bond donors (Lipinski definition) is 1. The van der Waals surface area contributed by atoms with Gasteiger partial charge in [0.25, 0.3) is 0 Å². The van der Waals surface area contributed by atoms with Crippen LogP contribution in [-0.2, 0) is 6.54 Å². The van der Waals surface area contributed by atoms with Gasteiger partial charge in [0.1, 0.15) is 5.82 Å². The van der Waals surface area contributed by atoms with Gasteiger partial charge >= 0.3 is 0 Å². The predicted molar refractivity (Wildman–Crippen MR) is 67.1 cm³/mol. The molecule has 0 fully saturated rings. The fourth-order valence-corrected chi connectivity index (χ4v) is 1.08. The van der Waals surface area contributed by atoms with E-state index in [2.05, 4.69) is 18.3 Å². The molecule has 2 N–H and O–H groups in total. The standard InChI is InChI=1S/C10H11FN2.2CH4/c1-3-7-4-8(6-12)9(11)5-10(7)13-2;;/h3-5H,1-2,6,12H2;2*1H4. The maximum absolute atomic E-state index is 13.2. The van der Waals surface area contributed by atoms with Crippen molar-refractivity contribution in [3.8, 4) is 0 Å². The second kappa shape index (κ2) is 6.90. The summed E-state index contributed by atoms with van der Waals surface area (Å²) in [5, 5.41) is 0. The third-order valence-electron chi connectivity index (χ3n) is 1.81. The van der Waals surface area contributed by atoms with Crippen LogP contribution in [0.5, 0.6) is 0 Å². The summed E-state index contributed by atoms with van der Waals surface area (Å²) in [6.07, 6.45) is 1.60. The highest BCUT2D eigenvalue weighted by molar-refractivity contribution is 5.65. The summed E-state index contributed by atoms with van der Waals surface area (Å²) in [5.41, 5.74) is 7.04. The van der Waals surface area contributed by atoms with Gasteiger partial charge < -0.3 is 5.73 Å². The molecule has 1 rings (SSSR count). The third kappa shape index (κ3) is 3.29. The van der Waals surface area contributed by atoms with Gasteiger partial charge in [-0.2, -0.15) is 0 Å². The lowest BCUT2D eigenvalue weighted by molar-refractivity contribution is 0.611. The Morgan fingerprint density at radius 2 is 2.00 bits per heavy atom. The molecule has 0 bridgehead atoms. The van der Waals surface area contributed by atoms with Crippen LogP contribution in [0.25, 0.3) is 6.08 Å². The van der Waals surface area contributed by atoms with Crippen molar-refractivity contribution in [1.82, 2.24) is 0 Å². The quantitative estimate of drug-likeness (QED) is 0.761. The molecular formula is C12H19FN2. The van der Waals surface area contributed by atoms with E-state index >= 15 is 0 Å². The zero-order chi connectivity index (χ0) is 9.84. The number of hydrogen-bond acceptors (Lipinski definition) is 2. The Hall–Kier alpha value is -1.48. The Morgan fingerprint density at radius 1 is 1.40 bits per heavy atom. The molecule has 0 atom stereocenters. The number of nitrogens with zero attached hydrogens (tertiary/aromatic N) is 1. The van der Waals surface area contributed by atoms with E-state index in [1.54, 1.807) is 12.1 Å². The molecule has 0 amide bonds. The molecule has 0 aromatic heterocycles. The molecule has 0 heterocycles. The number of rotatable bonds is 3. The molecule has 1 aromatic rings. The van der Waals surface area contributed by atoms with Gasteiger partial charge in [-0.05, 0) is 12.8 Å². The lowest BCUT2D eigenvalue weighted by Gasteiger charge is -2.04. The smallest absolute Gasteiger partial charge is 0.129 e. The summed E-state index contributed by atoms with van der Waals surface area (Å²) >= 11 is 0. The van der Waals surface area contributed by atoms with Crippen LogP contribution in [0.3, 0.4) is 0 Å². The van der Waals surface area contributed by atoms with Crippen molar-refractivity contribution < 1.29 is 4.39 Å². The van der Waals surface area contributed by atoms with E-state index in [1.807, 2.05) is 0 Å². The van der Waals surface area contributed by atoms with Crippen molar-refractivity contribution in [3.63, 3.8) is 0 Å². The van der Waals surface area contributed by atoms with E-state index in [1.165, 1.54) is 6.07 Å². The maximum Gasteiger partial charge on any atom is 0.129 e. The Kier molecular flexibility index (Phi) is 7.34. The first kappa shape index (κ1) is 16.0. The lowest BCUT2D eigenvalue weighted by atomic mass is 10.1. The largest absolute Gasteiger partial charge is 0.326 e. The van der Waals surface area contributed by atoms with Crippen molar-refractivity contribution in [1.29, 1.82) is 0 Å². The highest BCUT2D eigenvalue weighted by Gasteiger charge is 2.05. The normalized spacial score (nSPS) is 8.40. The van der Waals surface area contributed by atoms with Gasteiger partial charge in [-0.3, -0.25) is 4.99 Å². The fourth-order valence-electron chi connectivity index (χ4n) is 1.08. The molecule has 3 heteroatoms. The van der Waals surface area contributed by atoms with Crippen molar-refractivity contribution >= 4 is 18.5 Å². The van der Waals surface area contributed by atoms with Crippen molar-refractivity contribution in [3.05, 3.63) is 35.7 Å². The summed E-state index contributed by atoms with van der Waals surface area (Å²) in [6.45, 7) is 7.10. The third-order valence-corrected chi connectivity index (χ3v) is 1.81. The topological polar surface area (TPSA) is 38.4 Å². The zero-order valence-corrected chi connectivity index (χ0v) is 7.26. The maximum atomic E-state index is 13.2. The van der Waals surface area contributed by atoms with E-state index in [0.717, 1.165) is 5.56 Å². The molecular weight excluding hydrogens is 191 g/mol. The van der Waals surface area contributed by atoms with Crippen LogP contribution in [-0.4, -0.2) is 6.72 Å². The van der Waals surface area contributed by atoms with Crippen LogP contribution in [0.15, 0.2) is 23.7 Å². The van der Waals surface area contributed by atoms with E-state index in [9.17, 15) is 4.39 Å². The lowest BCUT2D eigenvalue weighted by Crippen LogP contribution is -2.00. The number of halogens is 1. The van der Waals surface area contributed by atoms with Crippen LogP contribution in [0.1, 0.15) is 26.0 Å². The monoisotopic (exact) mass is 210 g/mol. The molecule has 0 spiro atoms. The number of nitrogens with two attached hydrogens (primary N) is 1. The molecule has 0 aliphatic carbocycles. The molecule has 0 saturated heterocycles. The highest BCUT2D eigenvalue weighted by atomic mass is 19.1. The van der Waals surface area contributed by atoms with Gasteiger partial charge in [-0.15, -0.1) is 0 Å². The number of aliphatic imine (C=N–C) groups is 1. The molecule has 0 aliphatic rings. The molecule has 1 aromatic carbocycles. The molecule has 0 radical (unpaired) electrons. The van der Waals surface area contributed by atoms with E-state index in [4.69, 9.17) is 5.73 Å². The second-order valence-electron chi connectivity index (χ2n) is 2.57. The minimum atomic E-state index is -0.351. The average Bonchev–Trinajstić information content (AvgIpc) is 2.17. The van der Waals surface area contributed by atoms with Crippen molar-refractivity contribution in [2.75, 3.05) is 0 Å². The van der Waals surface area contributed by atoms with Crippen LogP contribution in [0, 0.1) is 5.82 Å². The van der Waals surface area contributed by atoms with Crippen LogP contribution in [0.4, 0.5) is 10.1 Å². The zero-order valence-electron chi connectivity index (χ0n) is 7.26. The average molecular weight is 210 g/mol. The minimum absolute atomic E-state index is 0. The summed E-state index contributed by atoms with van der Waals surface area (Å²) in [5.74, 6) is -0.351. The second-order valence-corrected chi connectivity index (χ2v) is 2.57. The first-order valence-corrected chi connectivity index (χ1v) is 3.84. The first-order chi connectivity index (χ1) is 6.22. The van der Waals surface area contributed by atoms with E-state index in [0.29, 0.717) is 11.3 Å². The van der Waals surface area contributed by atoms with Gasteiger partial charge in [0.15, 0.2) is 0 Å². The van der Waals surface area contributed by atoms with Gasteiger partial charge in [0.2, 0.25) is 0 Å². The SMILES string of the molecule is C.C.C=Cc1cc(CN)c(F)cc1N=C. The molecule has 2 nitrogen and oxygen atoms in total. The highest BCUT2D eigenvalue weighted by Crippen LogP contribution is 2.23. The molecule has 0 aliphatic heterocycles. The summed E-state index contributed by atoms with van der Waals surface area (Å²) in [6, 6.07) is 2.94. The Labute approximate surface area is 91.3 Å². The molecule has 15 heavy (non-hydrogen) atoms. The minimum Gasteiger partial charge on any atom is -0.326 e. The Morgan fingerprint density at radius 3 is 2.40 bits per heavy atom. The predicted octanol–water partition coefficient (Wildman–Crippen LogP) is 3.53. The molecule has 0 saturated carbocycles. The summed E-state index contributed by atoms with van der Waals surface area (Å²) in [7, 11) is 0. The van der Waals surface area contributed by atoms with Crippen LogP contribution < -0.4 is 5.73 Å². The van der Waals surface area contributed by atoms with Crippen molar-refractivity contribution in [2.24, 2.45) is 10.7 Å². The van der Waals surface area contributed by atoms with Crippen molar-refractivity contribution in [2.45, 2.75) is 21.4 Å². The van der Waals surface area contributed by atoms with Gasteiger partial charge in [0, 0.05) is 23.7 Å². The molecule has 84 valence electrons. The summed E-state index contributed by atoms with van der Waals surface area (Å²) < 4.78 is 13.2. The van der Waals surface area contributed by atoms with Crippen LogP contribution in [0.2, 0.25) is 0 Å². The Balaban J connectivity index is 0. The molecule has 0 unspecified atom stereocenters. The number of benzene rings is 1. The van der Waals surface area contributed by atoms with Gasteiger partial charge in [0.05, 0.1) is 5.69 Å². The van der Waals surface area contributed by atoms with Gasteiger partial charge in [-0.1, -0.05) is 27.5 Å². The fraction of sp³-hybridized carbons (Fsp3) is 0.250. The van der Waals surface area contributed by atoms with Crippen LogP contribution >= 0.6 is 0 Å². The van der Waals surface area contributed by atoms with Gasteiger partial charge in [-0.25, -0.2) is 4.39 Å². The Bertz CT molecular complexity index is 346. The van der Waals surface area contributed by atoms with E-state index in [-0.39, 0.29) is 27.2 Å². The first-order valence-electron chi connectivity index (χ1n) is 3.84.